The van der Waals surface area contributed by atoms with Gasteiger partial charge in [0, 0.05) is 23.7 Å². The molecule has 3 unspecified atom stereocenters. The van der Waals surface area contributed by atoms with Gasteiger partial charge < -0.3 is 33.5 Å². The van der Waals surface area contributed by atoms with E-state index in [1.807, 2.05) is 93.3 Å². The third kappa shape index (κ3) is 10.8. The van der Waals surface area contributed by atoms with Crippen molar-refractivity contribution in [2.45, 2.75) is 77.1 Å². The van der Waals surface area contributed by atoms with Gasteiger partial charge >= 0.3 is 0 Å². The molecule has 1 aliphatic carbocycles. The Morgan fingerprint density at radius 2 is 1.44 bits per heavy atom. The number of carbonyl (C=O) groups excluding carboxylic acids is 1. The Hall–Kier alpha value is -5.74. The molecule has 2 aromatic heterocycles. The van der Waals surface area contributed by atoms with Crippen LogP contribution in [-0.4, -0.2) is 74.5 Å². The Bertz CT molecular complexity index is 2300. The van der Waals surface area contributed by atoms with E-state index in [9.17, 15) is 9.69 Å². The molecule has 1 amide bonds. The average Bonchev–Trinajstić information content (AvgIpc) is 3.96. The zero-order valence-corrected chi connectivity index (χ0v) is 37.1. The molecule has 14 heteroatoms. The number of nitriles is 1. The highest BCUT2D eigenvalue weighted by Gasteiger charge is 2.39. The first-order chi connectivity index (χ1) is 30.1. The number of methoxy groups -OCH3 is 2. The number of imidazole rings is 1. The van der Waals surface area contributed by atoms with Gasteiger partial charge in [0.25, 0.3) is 14.4 Å². The van der Waals surface area contributed by atoms with Crippen LogP contribution in [0.5, 0.6) is 11.5 Å². The molecule has 62 heavy (non-hydrogen) atoms. The number of rotatable bonds is 17. The number of hydrogen-bond donors (Lipinski definition) is 2. The monoisotopic (exact) mass is 857 g/mol. The Morgan fingerprint density at radius 3 is 2.00 bits per heavy atom. The van der Waals surface area contributed by atoms with Gasteiger partial charge in [0.05, 0.1) is 46.3 Å². The van der Waals surface area contributed by atoms with Crippen LogP contribution < -0.4 is 14.8 Å². The summed E-state index contributed by atoms with van der Waals surface area (Å²) in [5, 5.41) is 11.2. The van der Waals surface area contributed by atoms with Gasteiger partial charge in [0.15, 0.2) is 17.0 Å². The lowest BCUT2D eigenvalue weighted by Gasteiger charge is -2.37. The molecule has 1 saturated carbocycles. The van der Waals surface area contributed by atoms with Gasteiger partial charge in [-0.15, -0.1) is 0 Å². The summed E-state index contributed by atoms with van der Waals surface area (Å²) in [7, 11) is 1.79. The van der Waals surface area contributed by atoms with Gasteiger partial charge in [-0.3, -0.25) is 4.79 Å². The number of amides is 1. The minimum atomic E-state index is -1.55. The van der Waals surface area contributed by atoms with Gasteiger partial charge in [-0.25, -0.2) is 19.6 Å². The lowest BCUT2D eigenvalue weighted by molar-refractivity contribution is -0.00767. The summed E-state index contributed by atoms with van der Waals surface area (Å²) in [6, 6.07) is 38.3. The molecule has 0 spiro atoms. The molecule has 6 aromatic rings. The molecule has 0 radical (unpaired) electrons. The van der Waals surface area contributed by atoms with E-state index in [1.165, 1.54) is 6.33 Å². The quantitative estimate of drug-likeness (QED) is 0.0511. The molecular weight excluding hydrogens is 802 g/mol. The van der Waals surface area contributed by atoms with Gasteiger partial charge in [0.2, 0.25) is 0 Å². The molecule has 1 fully saturated rings. The first-order valence-electron chi connectivity index (χ1n) is 20.9. The van der Waals surface area contributed by atoms with Crippen molar-refractivity contribution in [1.82, 2.24) is 24.2 Å². The summed E-state index contributed by atoms with van der Waals surface area (Å²) in [6.45, 7) is 8.90. The van der Waals surface area contributed by atoms with Crippen molar-refractivity contribution in [3.05, 3.63) is 144 Å². The van der Waals surface area contributed by atoms with Crippen LogP contribution in [0.2, 0.25) is 0 Å². The van der Waals surface area contributed by atoms with E-state index in [2.05, 4.69) is 73.4 Å². The average molecular weight is 858 g/mol. The fourth-order valence-corrected chi connectivity index (χ4v) is 9.16. The molecule has 0 bridgehead atoms. The third-order valence-corrected chi connectivity index (χ3v) is 12.7. The molecule has 0 aliphatic heterocycles. The van der Waals surface area contributed by atoms with Gasteiger partial charge in [-0.1, -0.05) is 72.8 Å². The zero-order chi connectivity index (χ0) is 44.1. The second kappa shape index (κ2) is 21.9. The first kappa shape index (κ1) is 45.8. The molecule has 324 valence electrons. The van der Waals surface area contributed by atoms with E-state index in [1.54, 1.807) is 26.4 Å². The maximum absolute atomic E-state index is 12.9. The van der Waals surface area contributed by atoms with Crippen molar-refractivity contribution in [2.75, 3.05) is 32.8 Å². The van der Waals surface area contributed by atoms with Gasteiger partial charge in [-0.2, -0.15) is 5.26 Å². The van der Waals surface area contributed by atoms with Crippen LogP contribution in [-0.2, 0) is 14.9 Å². The van der Waals surface area contributed by atoms with Gasteiger partial charge in [-0.05, 0) is 106 Å². The molecule has 3 atom stereocenters. The van der Waals surface area contributed by atoms with E-state index < -0.39 is 14.1 Å². The van der Waals surface area contributed by atoms with Crippen LogP contribution in [0.1, 0.15) is 86.5 Å². The molecule has 2 N–H and O–H groups in total. The number of anilines is 1. The number of nitrogens with one attached hydrogen (secondary N) is 1. The van der Waals surface area contributed by atoms with Crippen LogP contribution in [0, 0.1) is 17.2 Å². The van der Waals surface area contributed by atoms with Crippen LogP contribution in [0.15, 0.2) is 122 Å². The van der Waals surface area contributed by atoms with Crippen LogP contribution in [0.25, 0.3) is 11.2 Å². The maximum Gasteiger partial charge on any atom is 0.256 e. The summed E-state index contributed by atoms with van der Waals surface area (Å²) in [4.78, 5) is 36.1. The SMILES string of the molecule is CC(C)N(C(C)C)P(O)OCCC#N.COc1ccc(C(OCC2CCC(n3cnc4c(NC(=O)c5ccccc5)ncnc43)C2)(c2ccccc2)c2ccc(OC)cc2)cc1. The first-order valence-corrected chi connectivity index (χ1v) is 22.1. The fourth-order valence-electron chi connectivity index (χ4n) is 7.98. The minimum Gasteiger partial charge on any atom is -0.497 e. The summed E-state index contributed by atoms with van der Waals surface area (Å²) in [6.07, 6.45) is 6.46. The van der Waals surface area contributed by atoms with Crippen molar-refractivity contribution >= 4 is 31.4 Å². The lowest BCUT2D eigenvalue weighted by atomic mass is 9.80. The summed E-state index contributed by atoms with van der Waals surface area (Å²) >= 11 is 0. The number of fused-ring (bicyclic) bond motifs is 1. The molecule has 0 saturated heterocycles. The smallest absolute Gasteiger partial charge is 0.256 e. The van der Waals surface area contributed by atoms with Crippen molar-refractivity contribution in [3.63, 3.8) is 0 Å². The number of benzene rings is 4. The second-order valence-electron chi connectivity index (χ2n) is 15.6. The summed E-state index contributed by atoms with van der Waals surface area (Å²) < 4.78 is 27.4. The summed E-state index contributed by atoms with van der Waals surface area (Å²) in [5.41, 5.74) is 4.03. The third-order valence-electron chi connectivity index (χ3n) is 10.9. The van der Waals surface area contributed by atoms with Gasteiger partial charge in [0.1, 0.15) is 23.4 Å². The maximum atomic E-state index is 12.9. The number of nitrogens with zero attached hydrogens (tertiary/aromatic N) is 6. The lowest BCUT2D eigenvalue weighted by Crippen LogP contribution is -2.34. The molecule has 1 aliphatic rings. The summed E-state index contributed by atoms with van der Waals surface area (Å²) in [5.74, 6) is 2.03. The van der Waals surface area contributed by atoms with Crippen LogP contribution >= 0.6 is 8.53 Å². The zero-order valence-electron chi connectivity index (χ0n) is 36.2. The van der Waals surface area contributed by atoms with E-state index in [0.717, 1.165) is 47.5 Å². The standard InChI is InChI=1S/C39H37N5O4.C9H19N2O2P/c1-46-33-19-14-30(15-20-33)39(29-11-7-4-8-12-29,31-16-21-34(47-2)22-17-31)48-24-27-13-18-32(23-27)44-26-42-35-36(40-25-41-37(35)44)43-38(45)28-9-5-3-6-10-28;1-8(2)11(9(3)4)14(12)13-7-5-6-10/h3-12,14-17,19-22,25-27,32H,13,18,23-24H2,1-2H3,(H,40,41,43,45);8-9,12H,5,7H2,1-4H3. The normalized spacial score (nSPS) is 15.6. The van der Waals surface area contributed by atoms with Crippen molar-refractivity contribution in [2.24, 2.45) is 5.92 Å². The predicted octanol–water partition coefficient (Wildman–Crippen LogP) is 9.70. The molecule has 7 rings (SSSR count). The predicted molar refractivity (Wildman–Crippen MR) is 242 cm³/mol. The molecule has 4 aromatic carbocycles. The Morgan fingerprint density at radius 1 is 0.855 bits per heavy atom. The topological polar surface area (TPSA) is 157 Å². The number of ether oxygens (including phenoxy) is 3. The largest absolute Gasteiger partial charge is 0.497 e. The number of aromatic nitrogens is 4. The van der Waals surface area contributed by atoms with E-state index in [-0.39, 0.29) is 24.0 Å². The fraction of sp³-hybridized carbons (Fsp3) is 0.354. The van der Waals surface area contributed by atoms with Crippen molar-refractivity contribution < 1.29 is 28.4 Å². The minimum absolute atomic E-state index is 0.185. The Labute approximate surface area is 365 Å². The Balaban J connectivity index is 0.000000395. The highest BCUT2D eigenvalue weighted by molar-refractivity contribution is 7.43. The van der Waals surface area contributed by atoms with E-state index in [0.29, 0.717) is 48.1 Å². The number of carbonyl (C=O) groups is 1. The highest BCUT2D eigenvalue weighted by atomic mass is 31.2. The Kier molecular flexibility index (Phi) is 16.1. The molecule has 2 heterocycles. The molecular formula is C48H56N7O6P. The molecule has 13 nitrogen and oxygen atoms in total. The number of hydrogen-bond acceptors (Lipinski definition) is 11. The second-order valence-corrected chi connectivity index (χ2v) is 16.8. The van der Waals surface area contributed by atoms with Crippen LogP contribution in [0.3, 0.4) is 0 Å². The van der Waals surface area contributed by atoms with Crippen molar-refractivity contribution in [3.8, 4) is 17.6 Å². The van der Waals surface area contributed by atoms with Crippen molar-refractivity contribution in [1.29, 1.82) is 5.26 Å². The van der Waals surface area contributed by atoms with E-state index >= 15 is 0 Å². The van der Waals surface area contributed by atoms with E-state index in [4.69, 9.17) is 24.0 Å². The van der Waals surface area contributed by atoms with Crippen LogP contribution in [0.4, 0.5) is 5.82 Å². The highest BCUT2D eigenvalue weighted by Crippen LogP contribution is 2.44.